The highest BCUT2D eigenvalue weighted by atomic mass is 16.3. The van der Waals surface area contributed by atoms with Crippen LogP contribution in [0.2, 0.25) is 0 Å². The van der Waals surface area contributed by atoms with Gasteiger partial charge in [-0.25, -0.2) is 0 Å². The van der Waals surface area contributed by atoms with E-state index < -0.39 is 24.4 Å². The molecule has 0 amide bonds. The summed E-state index contributed by atoms with van der Waals surface area (Å²) in [4.78, 5) is 0. The van der Waals surface area contributed by atoms with Crippen LogP contribution in [0.25, 0.3) is 0 Å². The van der Waals surface area contributed by atoms with E-state index in [2.05, 4.69) is 0 Å². The van der Waals surface area contributed by atoms with Crippen LogP contribution in [-0.2, 0) is 0 Å². The van der Waals surface area contributed by atoms with E-state index in [1.54, 1.807) is 24.3 Å². The molecule has 2 aliphatic carbocycles. The summed E-state index contributed by atoms with van der Waals surface area (Å²) in [5.41, 5.74) is 3.15. The fourth-order valence-corrected chi connectivity index (χ4v) is 5.21. The second kappa shape index (κ2) is 14.8. The summed E-state index contributed by atoms with van der Waals surface area (Å²) in [6, 6.07) is 0. The summed E-state index contributed by atoms with van der Waals surface area (Å²) in [5, 5.41) is 61.3. The summed E-state index contributed by atoms with van der Waals surface area (Å²) >= 11 is 0. The molecule has 0 fully saturated rings. The molecule has 0 saturated heterocycles. The molecule has 0 heterocycles. The maximum atomic E-state index is 10.9. The van der Waals surface area contributed by atoms with Gasteiger partial charge in [-0.15, -0.1) is 0 Å². The molecule has 2 rings (SSSR count). The molecule has 0 radical (unpaired) electrons. The third kappa shape index (κ3) is 10.8. The van der Waals surface area contributed by atoms with Crippen LogP contribution in [0.4, 0.5) is 0 Å². The lowest BCUT2D eigenvalue weighted by atomic mass is 9.83. The Morgan fingerprint density at radius 2 is 0.811 bits per heavy atom. The molecule has 2 aliphatic rings. The van der Waals surface area contributed by atoms with Gasteiger partial charge in [0.2, 0.25) is 0 Å². The molecular weight excluding hydrogens is 468 g/mol. The van der Waals surface area contributed by atoms with Crippen LogP contribution in [0.5, 0.6) is 0 Å². The zero-order valence-electron chi connectivity index (χ0n) is 23.5. The van der Waals surface area contributed by atoms with Crippen LogP contribution in [0.15, 0.2) is 46.6 Å². The molecular formula is C31H52O6. The average molecular weight is 521 g/mol. The molecule has 4 atom stereocenters. The van der Waals surface area contributed by atoms with E-state index in [0.29, 0.717) is 19.3 Å². The maximum absolute atomic E-state index is 10.9. The van der Waals surface area contributed by atoms with Gasteiger partial charge in [-0.1, -0.05) is 64.8 Å². The monoisotopic (exact) mass is 520 g/mol. The van der Waals surface area contributed by atoms with E-state index in [1.807, 2.05) is 27.7 Å². The second-order valence-corrected chi connectivity index (χ2v) is 12.7. The van der Waals surface area contributed by atoms with Gasteiger partial charge >= 0.3 is 0 Å². The fourth-order valence-electron chi connectivity index (χ4n) is 5.21. The second-order valence-electron chi connectivity index (χ2n) is 12.7. The van der Waals surface area contributed by atoms with Crippen LogP contribution in [-0.4, -0.2) is 68.3 Å². The molecule has 0 aromatic heterocycles. The first-order valence-electron chi connectivity index (χ1n) is 14.1. The summed E-state index contributed by atoms with van der Waals surface area (Å²) < 4.78 is 0. The molecule has 0 aromatic rings. The van der Waals surface area contributed by atoms with Crippen LogP contribution < -0.4 is 0 Å². The lowest BCUT2D eigenvalue weighted by Gasteiger charge is -2.27. The van der Waals surface area contributed by atoms with E-state index in [-0.39, 0.29) is 24.0 Å². The van der Waals surface area contributed by atoms with Gasteiger partial charge in [0.25, 0.3) is 0 Å². The first-order valence-corrected chi connectivity index (χ1v) is 14.1. The SMILES string of the molecule is CC(C)(CO)CCCCC1=CC(O)C=C(CCCC2=CC(O)C=C(CCCCC(C)(C)CO)C2O)C1O. The number of aliphatic hydroxyl groups is 6. The first-order chi connectivity index (χ1) is 17.4. The van der Waals surface area contributed by atoms with Gasteiger partial charge in [0.15, 0.2) is 0 Å². The molecule has 212 valence electrons. The van der Waals surface area contributed by atoms with Crippen molar-refractivity contribution in [1.82, 2.24) is 0 Å². The van der Waals surface area contributed by atoms with Crippen molar-refractivity contribution >= 4 is 0 Å². The minimum absolute atomic E-state index is 0.0953. The van der Waals surface area contributed by atoms with E-state index in [0.717, 1.165) is 73.7 Å². The number of hydrogen-bond acceptors (Lipinski definition) is 6. The van der Waals surface area contributed by atoms with Crippen LogP contribution >= 0.6 is 0 Å². The Kier molecular flexibility index (Phi) is 12.7. The molecule has 37 heavy (non-hydrogen) atoms. The minimum atomic E-state index is -0.700. The predicted molar refractivity (Wildman–Crippen MR) is 149 cm³/mol. The molecule has 0 bridgehead atoms. The predicted octanol–water partition coefficient (Wildman–Crippen LogP) is 4.49. The smallest absolute Gasteiger partial charge is 0.0963 e. The van der Waals surface area contributed by atoms with Crippen molar-refractivity contribution in [3.63, 3.8) is 0 Å². The quantitative estimate of drug-likeness (QED) is 0.132. The van der Waals surface area contributed by atoms with Crippen molar-refractivity contribution < 1.29 is 30.6 Å². The molecule has 6 nitrogen and oxygen atoms in total. The van der Waals surface area contributed by atoms with Crippen molar-refractivity contribution in [3.8, 4) is 0 Å². The normalized spacial score (nSPS) is 24.9. The van der Waals surface area contributed by atoms with Crippen LogP contribution in [0, 0.1) is 10.8 Å². The molecule has 6 N–H and O–H groups in total. The molecule has 0 spiro atoms. The maximum Gasteiger partial charge on any atom is 0.0963 e. The molecule has 0 aromatic carbocycles. The van der Waals surface area contributed by atoms with Crippen molar-refractivity contribution in [2.45, 2.75) is 123 Å². The Bertz CT molecular complexity index is 767. The summed E-state index contributed by atoms with van der Waals surface area (Å²) in [6.07, 6.45) is 13.1. The summed E-state index contributed by atoms with van der Waals surface area (Å²) in [5.74, 6) is 0. The van der Waals surface area contributed by atoms with Gasteiger partial charge in [0.1, 0.15) is 0 Å². The fraction of sp³-hybridized carbons (Fsp3) is 0.742. The summed E-state index contributed by atoms with van der Waals surface area (Å²) in [7, 11) is 0. The first kappa shape index (κ1) is 31.9. The van der Waals surface area contributed by atoms with Crippen molar-refractivity contribution in [3.05, 3.63) is 46.6 Å². The van der Waals surface area contributed by atoms with Gasteiger partial charge in [-0.3, -0.25) is 0 Å². The lowest BCUT2D eigenvalue weighted by Crippen LogP contribution is -2.23. The van der Waals surface area contributed by atoms with E-state index >= 15 is 0 Å². The van der Waals surface area contributed by atoms with Crippen LogP contribution in [0.1, 0.15) is 98.3 Å². The van der Waals surface area contributed by atoms with Crippen molar-refractivity contribution in [1.29, 1.82) is 0 Å². The van der Waals surface area contributed by atoms with E-state index in [9.17, 15) is 30.6 Å². The standard InChI is InChI=1S/C31H52O6/c1-30(2,20-32)14-7-5-10-22-16-26(34)18-24(28(22)36)12-9-13-25-19-27(35)17-23(29(25)37)11-6-8-15-31(3,4)21-33/h16-19,26-29,32-37H,5-15,20-21H2,1-4H3. The Balaban J connectivity index is 1.81. The third-order valence-electron chi connectivity index (χ3n) is 7.87. The van der Waals surface area contributed by atoms with Gasteiger partial charge in [-0.2, -0.15) is 0 Å². The van der Waals surface area contributed by atoms with Crippen LogP contribution in [0.3, 0.4) is 0 Å². The topological polar surface area (TPSA) is 121 Å². The summed E-state index contributed by atoms with van der Waals surface area (Å²) in [6.45, 7) is 8.50. The van der Waals surface area contributed by atoms with E-state index in [4.69, 9.17) is 0 Å². The molecule has 0 aliphatic heterocycles. The van der Waals surface area contributed by atoms with Crippen molar-refractivity contribution in [2.75, 3.05) is 13.2 Å². The lowest BCUT2D eigenvalue weighted by molar-refractivity contribution is 0.147. The van der Waals surface area contributed by atoms with Gasteiger partial charge in [0, 0.05) is 13.2 Å². The minimum Gasteiger partial charge on any atom is -0.396 e. The van der Waals surface area contributed by atoms with Gasteiger partial charge in [-0.05, 0) is 90.9 Å². The molecule has 6 heteroatoms. The largest absolute Gasteiger partial charge is 0.396 e. The zero-order valence-corrected chi connectivity index (χ0v) is 23.5. The average Bonchev–Trinajstić information content (AvgIpc) is 2.84. The highest BCUT2D eigenvalue weighted by molar-refractivity contribution is 5.34. The number of hydrogen-bond donors (Lipinski definition) is 6. The zero-order chi connectivity index (χ0) is 27.6. The Hall–Kier alpha value is -1.28. The van der Waals surface area contributed by atoms with Crippen molar-refractivity contribution in [2.24, 2.45) is 10.8 Å². The Morgan fingerprint density at radius 3 is 1.11 bits per heavy atom. The van der Waals surface area contributed by atoms with Gasteiger partial charge in [0.05, 0.1) is 24.4 Å². The van der Waals surface area contributed by atoms with Gasteiger partial charge < -0.3 is 30.6 Å². The number of rotatable bonds is 16. The Morgan fingerprint density at radius 1 is 0.514 bits per heavy atom. The molecule has 4 unspecified atom stereocenters. The number of unbranched alkanes of at least 4 members (excludes halogenated alkanes) is 2. The Labute approximate surface area is 224 Å². The highest BCUT2D eigenvalue weighted by Crippen LogP contribution is 2.32. The third-order valence-corrected chi connectivity index (χ3v) is 7.87. The molecule has 0 saturated carbocycles. The highest BCUT2D eigenvalue weighted by Gasteiger charge is 2.25. The van der Waals surface area contributed by atoms with E-state index in [1.165, 1.54) is 0 Å². The number of aliphatic hydroxyl groups excluding tert-OH is 6.